The molecular formula is C19H23N3O4. The topological polar surface area (TPSA) is 94.4 Å². The Morgan fingerprint density at radius 2 is 1.96 bits per heavy atom. The van der Waals surface area contributed by atoms with Crippen molar-refractivity contribution < 1.29 is 14.5 Å². The maximum absolute atomic E-state index is 12.0. The highest BCUT2D eigenvalue weighted by atomic mass is 16.6. The summed E-state index contributed by atoms with van der Waals surface area (Å²) in [5.41, 5.74) is 2.78. The van der Waals surface area contributed by atoms with Gasteiger partial charge in [0.25, 0.3) is 5.69 Å². The lowest BCUT2D eigenvalue weighted by atomic mass is 10.1. The number of rotatable bonds is 9. The van der Waals surface area contributed by atoms with Gasteiger partial charge in [0.05, 0.1) is 17.1 Å². The van der Waals surface area contributed by atoms with Crippen molar-refractivity contribution in [1.29, 1.82) is 0 Å². The number of unbranched alkanes of at least 4 members (excludes halogenated alkanes) is 2. The number of hydrogen-bond acceptors (Lipinski definition) is 6. The molecule has 138 valence electrons. The van der Waals surface area contributed by atoms with Gasteiger partial charge in [0.2, 0.25) is 0 Å². The highest BCUT2D eigenvalue weighted by molar-refractivity contribution is 5.89. The zero-order valence-corrected chi connectivity index (χ0v) is 15.0. The van der Waals surface area contributed by atoms with Crippen LogP contribution in [0.25, 0.3) is 0 Å². The summed E-state index contributed by atoms with van der Waals surface area (Å²) in [4.78, 5) is 26.0. The molecule has 1 heterocycles. The summed E-state index contributed by atoms with van der Waals surface area (Å²) in [7, 11) is 0. The van der Waals surface area contributed by atoms with Gasteiger partial charge in [0, 0.05) is 12.6 Å². The molecule has 0 amide bonds. The van der Waals surface area contributed by atoms with E-state index in [9.17, 15) is 14.9 Å². The van der Waals surface area contributed by atoms with Gasteiger partial charge in [-0.05, 0) is 62.4 Å². The molecule has 2 aromatic rings. The molecule has 0 aliphatic carbocycles. The first-order valence-electron chi connectivity index (χ1n) is 8.56. The number of nitro groups is 1. The SMILES string of the molecule is Cc1ccc(C(=O)OCCCCCNc2ccc([N+](=O)[O-])cn2)cc1C. The molecule has 0 fully saturated rings. The van der Waals surface area contributed by atoms with Crippen LogP contribution in [-0.4, -0.2) is 29.0 Å². The third-order valence-corrected chi connectivity index (χ3v) is 4.06. The number of aromatic nitrogens is 1. The fourth-order valence-corrected chi connectivity index (χ4v) is 2.34. The fraction of sp³-hybridized carbons (Fsp3) is 0.368. The summed E-state index contributed by atoms with van der Waals surface area (Å²) in [6.07, 6.45) is 3.81. The molecule has 0 spiro atoms. The molecule has 2 rings (SSSR count). The molecule has 0 bridgehead atoms. The standard InChI is InChI=1S/C19H23N3O4/c1-14-6-7-16(12-15(14)2)19(23)26-11-5-3-4-10-20-18-9-8-17(13-21-18)22(24)25/h6-9,12-13H,3-5,10-11H2,1-2H3,(H,20,21). The smallest absolute Gasteiger partial charge is 0.338 e. The summed E-state index contributed by atoms with van der Waals surface area (Å²) in [6.45, 7) is 5.07. The van der Waals surface area contributed by atoms with Crippen LogP contribution in [0.5, 0.6) is 0 Å². The van der Waals surface area contributed by atoms with Crippen LogP contribution in [0, 0.1) is 24.0 Å². The lowest BCUT2D eigenvalue weighted by molar-refractivity contribution is -0.385. The Kier molecular flexibility index (Phi) is 7.08. The number of ether oxygens (including phenoxy) is 1. The second-order valence-electron chi connectivity index (χ2n) is 6.08. The molecule has 1 aromatic carbocycles. The Hall–Kier alpha value is -2.96. The van der Waals surface area contributed by atoms with Crippen LogP contribution in [0.3, 0.4) is 0 Å². The first kappa shape index (κ1) is 19.4. The highest BCUT2D eigenvalue weighted by Crippen LogP contribution is 2.13. The van der Waals surface area contributed by atoms with Crippen LogP contribution >= 0.6 is 0 Å². The van der Waals surface area contributed by atoms with Crippen LogP contribution in [0.4, 0.5) is 11.5 Å². The minimum Gasteiger partial charge on any atom is -0.462 e. The average molecular weight is 357 g/mol. The predicted molar refractivity (Wildman–Crippen MR) is 99.4 cm³/mol. The summed E-state index contributed by atoms with van der Waals surface area (Å²) in [5, 5.41) is 13.7. The zero-order chi connectivity index (χ0) is 18.9. The highest BCUT2D eigenvalue weighted by Gasteiger charge is 2.08. The first-order valence-corrected chi connectivity index (χ1v) is 8.56. The van der Waals surface area contributed by atoms with E-state index in [1.54, 1.807) is 12.1 Å². The number of carbonyl (C=O) groups is 1. The van der Waals surface area contributed by atoms with Crippen molar-refractivity contribution in [3.63, 3.8) is 0 Å². The minimum absolute atomic E-state index is 0.0267. The average Bonchev–Trinajstić information content (AvgIpc) is 2.63. The van der Waals surface area contributed by atoms with Gasteiger partial charge in [-0.3, -0.25) is 10.1 Å². The maximum Gasteiger partial charge on any atom is 0.338 e. The lowest BCUT2D eigenvalue weighted by Crippen LogP contribution is -2.08. The maximum atomic E-state index is 12.0. The van der Waals surface area contributed by atoms with Crippen molar-refractivity contribution in [2.45, 2.75) is 33.1 Å². The normalized spacial score (nSPS) is 10.4. The molecule has 1 aromatic heterocycles. The number of benzene rings is 1. The fourth-order valence-electron chi connectivity index (χ4n) is 2.34. The zero-order valence-electron chi connectivity index (χ0n) is 15.0. The van der Waals surface area contributed by atoms with Crippen molar-refractivity contribution in [3.05, 3.63) is 63.3 Å². The number of carbonyl (C=O) groups excluding carboxylic acids is 1. The molecule has 0 radical (unpaired) electrons. The largest absolute Gasteiger partial charge is 0.462 e. The third kappa shape index (κ3) is 5.84. The number of esters is 1. The van der Waals surface area contributed by atoms with Gasteiger partial charge in [0.1, 0.15) is 12.0 Å². The van der Waals surface area contributed by atoms with Crippen molar-refractivity contribution >= 4 is 17.5 Å². The Morgan fingerprint density at radius 1 is 1.15 bits per heavy atom. The van der Waals surface area contributed by atoms with Gasteiger partial charge in [0.15, 0.2) is 0 Å². The summed E-state index contributed by atoms with van der Waals surface area (Å²) < 4.78 is 5.29. The van der Waals surface area contributed by atoms with E-state index in [-0.39, 0.29) is 11.7 Å². The first-order chi connectivity index (χ1) is 12.5. The lowest BCUT2D eigenvalue weighted by Gasteiger charge is -2.07. The number of nitrogens with zero attached hydrogens (tertiary/aromatic N) is 2. The van der Waals surface area contributed by atoms with Gasteiger partial charge >= 0.3 is 5.97 Å². The number of anilines is 1. The van der Waals surface area contributed by atoms with Gasteiger partial charge in [-0.25, -0.2) is 9.78 Å². The molecule has 7 heteroatoms. The Labute approximate surface area is 152 Å². The van der Waals surface area contributed by atoms with E-state index in [4.69, 9.17) is 4.74 Å². The monoisotopic (exact) mass is 357 g/mol. The van der Waals surface area contributed by atoms with Crippen molar-refractivity contribution in [1.82, 2.24) is 4.98 Å². The molecule has 1 N–H and O–H groups in total. The third-order valence-electron chi connectivity index (χ3n) is 4.06. The molecule has 26 heavy (non-hydrogen) atoms. The molecule has 0 aliphatic heterocycles. The van der Waals surface area contributed by atoms with Gasteiger partial charge in [-0.1, -0.05) is 6.07 Å². The van der Waals surface area contributed by atoms with Crippen LogP contribution < -0.4 is 5.32 Å². The number of nitrogens with one attached hydrogen (secondary N) is 1. The molecule has 0 saturated carbocycles. The van der Waals surface area contributed by atoms with Crippen LogP contribution in [0.2, 0.25) is 0 Å². The molecule has 0 unspecified atom stereocenters. The van der Waals surface area contributed by atoms with E-state index >= 15 is 0 Å². The summed E-state index contributed by atoms with van der Waals surface area (Å²) in [6, 6.07) is 8.56. The summed E-state index contributed by atoms with van der Waals surface area (Å²) in [5.74, 6) is 0.318. The van der Waals surface area contributed by atoms with Crippen LogP contribution in [-0.2, 0) is 4.74 Å². The number of hydrogen-bond donors (Lipinski definition) is 1. The molecule has 0 atom stereocenters. The van der Waals surface area contributed by atoms with E-state index < -0.39 is 4.92 Å². The quantitative estimate of drug-likeness (QED) is 0.315. The van der Waals surface area contributed by atoms with Gasteiger partial charge < -0.3 is 10.1 Å². The van der Waals surface area contributed by atoms with E-state index in [1.807, 2.05) is 26.0 Å². The predicted octanol–water partition coefficient (Wildman–Crippen LogP) is 4.05. The van der Waals surface area contributed by atoms with Crippen LogP contribution in [0.1, 0.15) is 40.7 Å². The Balaban J connectivity index is 1.59. The molecular weight excluding hydrogens is 334 g/mol. The Bertz CT molecular complexity index is 760. The van der Waals surface area contributed by atoms with Gasteiger partial charge in [-0.2, -0.15) is 0 Å². The van der Waals surface area contributed by atoms with E-state index in [1.165, 1.54) is 12.3 Å². The van der Waals surface area contributed by atoms with E-state index in [0.29, 0.717) is 24.5 Å². The van der Waals surface area contributed by atoms with Crippen molar-refractivity contribution in [2.75, 3.05) is 18.5 Å². The van der Waals surface area contributed by atoms with Crippen molar-refractivity contribution in [3.8, 4) is 0 Å². The van der Waals surface area contributed by atoms with E-state index in [2.05, 4.69) is 10.3 Å². The molecule has 0 aliphatic rings. The molecule has 7 nitrogen and oxygen atoms in total. The van der Waals surface area contributed by atoms with E-state index in [0.717, 1.165) is 30.4 Å². The second kappa shape index (κ2) is 9.50. The van der Waals surface area contributed by atoms with Crippen molar-refractivity contribution in [2.24, 2.45) is 0 Å². The van der Waals surface area contributed by atoms with Gasteiger partial charge in [-0.15, -0.1) is 0 Å². The summed E-state index contributed by atoms with van der Waals surface area (Å²) >= 11 is 0. The van der Waals surface area contributed by atoms with Crippen LogP contribution in [0.15, 0.2) is 36.5 Å². The Morgan fingerprint density at radius 3 is 2.62 bits per heavy atom. The second-order valence-corrected chi connectivity index (χ2v) is 6.08. The minimum atomic E-state index is -0.476. The molecule has 0 saturated heterocycles. The number of aryl methyl sites for hydroxylation is 2. The number of pyridine rings is 1.